The molecule has 0 aromatic rings. The number of amides is 1. The minimum atomic E-state index is -0.915. The van der Waals surface area contributed by atoms with Gasteiger partial charge in [-0.05, 0) is 19.4 Å². The molecule has 1 atom stereocenters. The van der Waals surface area contributed by atoms with Crippen LogP contribution in [0.4, 0.5) is 0 Å². The molecule has 5 nitrogen and oxygen atoms in total. The number of aliphatic carboxylic acids is 1. The molecule has 0 bridgehead atoms. The molecule has 0 radical (unpaired) electrons. The number of hydrogen-bond donors (Lipinski definition) is 3. The van der Waals surface area contributed by atoms with Crippen molar-refractivity contribution in [1.29, 1.82) is 0 Å². The number of nitrogens with two attached hydrogens (primary N) is 1. The SMILES string of the molecule is CCCCCCCCNC(CCC(N)=O)C(=O)O. The molecular weight excluding hydrogens is 232 g/mol. The van der Waals surface area contributed by atoms with Crippen molar-refractivity contribution in [2.75, 3.05) is 6.54 Å². The maximum absolute atomic E-state index is 10.9. The Labute approximate surface area is 109 Å². The van der Waals surface area contributed by atoms with Gasteiger partial charge in [0.1, 0.15) is 6.04 Å². The van der Waals surface area contributed by atoms with Crippen molar-refractivity contribution in [3.8, 4) is 0 Å². The summed E-state index contributed by atoms with van der Waals surface area (Å²) in [5.74, 6) is -1.37. The van der Waals surface area contributed by atoms with Gasteiger partial charge in [-0.3, -0.25) is 9.59 Å². The zero-order valence-corrected chi connectivity index (χ0v) is 11.3. The molecule has 0 saturated heterocycles. The molecule has 18 heavy (non-hydrogen) atoms. The summed E-state index contributed by atoms with van der Waals surface area (Å²) in [4.78, 5) is 21.5. The lowest BCUT2D eigenvalue weighted by Crippen LogP contribution is -2.38. The van der Waals surface area contributed by atoms with Crippen LogP contribution in [-0.4, -0.2) is 29.6 Å². The summed E-state index contributed by atoms with van der Waals surface area (Å²) < 4.78 is 0. The number of carboxylic acid groups (broad SMARTS) is 1. The van der Waals surface area contributed by atoms with Crippen molar-refractivity contribution >= 4 is 11.9 Å². The van der Waals surface area contributed by atoms with Gasteiger partial charge in [-0.2, -0.15) is 0 Å². The van der Waals surface area contributed by atoms with E-state index in [0.717, 1.165) is 12.8 Å². The van der Waals surface area contributed by atoms with Gasteiger partial charge in [0.05, 0.1) is 0 Å². The summed E-state index contributed by atoms with van der Waals surface area (Å²) >= 11 is 0. The normalized spacial score (nSPS) is 12.3. The average Bonchev–Trinajstić information content (AvgIpc) is 2.31. The maximum atomic E-state index is 10.9. The highest BCUT2D eigenvalue weighted by Crippen LogP contribution is 2.05. The summed E-state index contributed by atoms with van der Waals surface area (Å²) in [5, 5.41) is 11.9. The fourth-order valence-electron chi connectivity index (χ4n) is 1.78. The summed E-state index contributed by atoms with van der Waals surface area (Å²) in [7, 11) is 0. The van der Waals surface area contributed by atoms with E-state index in [9.17, 15) is 9.59 Å². The summed E-state index contributed by atoms with van der Waals surface area (Å²) in [6.45, 7) is 2.86. The van der Waals surface area contributed by atoms with Crippen LogP contribution in [0.1, 0.15) is 58.3 Å². The summed E-state index contributed by atoms with van der Waals surface area (Å²) in [6.07, 6.45) is 7.42. The predicted octanol–water partition coefficient (Wildman–Crippen LogP) is 1.66. The Bertz CT molecular complexity index is 244. The van der Waals surface area contributed by atoms with E-state index in [1.54, 1.807) is 0 Å². The van der Waals surface area contributed by atoms with Crippen LogP contribution in [0.15, 0.2) is 0 Å². The van der Waals surface area contributed by atoms with Crippen molar-refractivity contribution in [2.24, 2.45) is 5.73 Å². The number of hydrogen-bond acceptors (Lipinski definition) is 3. The fourth-order valence-corrected chi connectivity index (χ4v) is 1.78. The second kappa shape index (κ2) is 11.0. The van der Waals surface area contributed by atoms with E-state index in [1.165, 1.54) is 25.7 Å². The van der Waals surface area contributed by atoms with Gasteiger partial charge in [-0.25, -0.2) is 0 Å². The predicted molar refractivity (Wildman–Crippen MR) is 71.2 cm³/mol. The monoisotopic (exact) mass is 258 g/mol. The fraction of sp³-hybridized carbons (Fsp3) is 0.846. The smallest absolute Gasteiger partial charge is 0.320 e. The lowest BCUT2D eigenvalue weighted by Gasteiger charge is -2.13. The molecule has 0 spiro atoms. The third-order valence-electron chi connectivity index (χ3n) is 2.90. The average molecular weight is 258 g/mol. The second-order valence-electron chi connectivity index (χ2n) is 4.62. The van der Waals surface area contributed by atoms with Crippen LogP contribution in [0.2, 0.25) is 0 Å². The Morgan fingerprint density at radius 2 is 1.78 bits per heavy atom. The highest BCUT2D eigenvalue weighted by molar-refractivity contribution is 5.77. The van der Waals surface area contributed by atoms with E-state index in [-0.39, 0.29) is 12.8 Å². The number of carbonyl (C=O) groups excluding carboxylic acids is 1. The Balaban J connectivity index is 3.58. The molecule has 106 valence electrons. The molecule has 0 aromatic heterocycles. The van der Waals surface area contributed by atoms with Crippen molar-refractivity contribution in [3.63, 3.8) is 0 Å². The standard InChI is InChI=1S/C13H26N2O3/c1-2-3-4-5-6-7-10-15-11(13(17)18)8-9-12(14)16/h11,15H,2-10H2,1H3,(H2,14,16)(H,17,18). The molecule has 0 fully saturated rings. The lowest BCUT2D eigenvalue weighted by atomic mass is 10.1. The van der Waals surface area contributed by atoms with E-state index in [1.807, 2.05) is 0 Å². The second-order valence-corrected chi connectivity index (χ2v) is 4.62. The third-order valence-corrected chi connectivity index (χ3v) is 2.90. The molecule has 0 aliphatic carbocycles. The summed E-state index contributed by atoms with van der Waals surface area (Å²) in [5.41, 5.74) is 5.00. The molecule has 0 heterocycles. The largest absolute Gasteiger partial charge is 0.480 e. The van der Waals surface area contributed by atoms with Crippen molar-refractivity contribution in [2.45, 2.75) is 64.3 Å². The van der Waals surface area contributed by atoms with Gasteiger partial charge >= 0.3 is 5.97 Å². The van der Waals surface area contributed by atoms with Crippen molar-refractivity contribution in [1.82, 2.24) is 5.32 Å². The van der Waals surface area contributed by atoms with Crippen LogP contribution in [0.25, 0.3) is 0 Å². The van der Waals surface area contributed by atoms with Crippen LogP contribution < -0.4 is 11.1 Å². The van der Waals surface area contributed by atoms with Crippen LogP contribution >= 0.6 is 0 Å². The first kappa shape index (κ1) is 16.9. The number of nitrogens with one attached hydrogen (secondary N) is 1. The number of primary amides is 1. The molecule has 4 N–H and O–H groups in total. The van der Waals surface area contributed by atoms with Gasteiger partial charge in [-0.15, -0.1) is 0 Å². The molecular formula is C13H26N2O3. The Hall–Kier alpha value is -1.10. The summed E-state index contributed by atoms with van der Waals surface area (Å²) in [6, 6.07) is -0.659. The van der Waals surface area contributed by atoms with Crippen LogP contribution in [0, 0.1) is 0 Å². The molecule has 0 aliphatic rings. The van der Waals surface area contributed by atoms with Gasteiger partial charge < -0.3 is 16.2 Å². The van der Waals surface area contributed by atoms with Crippen molar-refractivity contribution in [3.05, 3.63) is 0 Å². The minimum Gasteiger partial charge on any atom is -0.480 e. The highest BCUT2D eigenvalue weighted by atomic mass is 16.4. The number of carbonyl (C=O) groups is 2. The Morgan fingerprint density at radius 3 is 2.33 bits per heavy atom. The first-order valence-electron chi connectivity index (χ1n) is 6.82. The third kappa shape index (κ3) is 10.1. The van der Waals surface area contributed by atoms with E-state index in [4.69, 9.17) is 10.8 Å². The lowest BCUT2D eigenvalue weighted by molar-refractivity contribution is -0.139. The van der Waals surface area contributed by atoms with E-state index in [0.29, 0.717) is 6.54 Å². The first-order valence-corrected chi connectivity index (χ1v) is 6.82. The van der Waals surface area contributed by atoms with Crippen LogP contribution in [-0.2, 0) is 9.59 Å². The molecule has 5 heteroatoms. The van der Waals surface area contributed by atoms with Crippen LogP contribution in [0.3, 0.4) is 0 Å². The number of rotatable bonds is 12. The van der Waals surface area contributed by atoms with E-state index in [2.05, 4.69) is 12.2 Å². The molecule has 0 rings (SSSR count). The molecule has 0 saturated carbocycles. The van der Waals surface area contributed by atoms with E-state index >= 15 is 0 Å². The van der Waals surface area contributed by atoms with Gasteiger partial charge in [0.15, 0.2) is 0 Å². The molecule has 0 aliphatic heterocycles. The van der Waals surface area contributed by atoms with Crippen LogP contribution in [0.5, 0.6) is 0 Å². The molecule has 1 unspecified atom stereocenters. The Morgan fingerprint density at radius 1 is 1.17 bits per heavy atom. The van der Waals surface area contributed by atoms with Gasteiger partial charge in [0.2, 0.25) is 5.91 Å². The highest BCUT2D eigenvalue weighted by Gasteiger charge is 2.16. The zero-order valence-electron chi connectivity index (χ0n) is 11.3. The minimum absolute atomic E-state index is 0.112. The zero-order chi connectivity index (χ0) is 13.8. The first-order chi connectivity index (χ1) is 8.57. The number of carboxylic acids is 1. The number of unbranched alkanes of at least 4 members (excludes halogenated alkanes) is 5. The molecule has 0 aromatic carbocycles. The van der Waals surface area contributed by atoms with Gasteiger partial charge in [-0.1, -0.05) is 39.0 Å². The van der Waals surface area contributed by atoms with Crippen molar-refractivity contribution < 1.29 is 14.7 Å². The quantitative estimate of drug-likeness (QED) is 0.464. The Kier molecular flexibility index (Phi) is 10.3. The maximum Gasteiger partial charge on any atom is 0.320 e. The van der Waals surface area contributed by atoms with E-state index < -0.39 is 17.9 Å². The molecule has 1 amide bonds. The topological polar surface area (TPSA) is 92.4 Å². The van der Waals surface area contributed by atoms with Gasteiger partial charge in [0.25, 0.3) is 0 Å². The van der Waals surface area contributed by atoms with Gasteiger partial charge in [0, 0.05) is 6.42 Å².